The van der Waals surface area contributed by atoms with Gasteiger partial charge in [-0.05, 0) is 45.1 Å². The predicted octanol–water partition coefficient (Wildman–Crippen LogP) is 2.05. The zero-order valence-corrected chi connectivity index (χ0v) is 16.7. The van der Waals surface area contributed by atoms with Crippen LogP contribution in [0.4, 0.5) is 4.79 Å². The Balaban J connectivity index is 2.06. The third-order valence-corrected chi connectivity index (χ3v) is 5.10. The van der Waals surface area contributed by atoms with Crippen molar-refractivity contribution < 1.29 is 24.2 Å². The first-order valence-electron chi connectivity index (χ1n) is 9.55. The highest BCUT2D eigenvalue weighted by molar-refractivity contribution is 5.86. The van der Waals surface area contributed by atoms with Crippen LogP contribution in [0.2, 0.25) is 0 Å². The lowest BCUT2D eigenvalue weighted by Crippen LogP contribution is -2.59. The number of hydrazine groups is 1. The van der Waals surface area contributed by atoms with E-state index in [2.05, 4.69) is 5.43 Å². The standard InChI is InChI=1S/C20H29N3O5/c1-4-28-17(24)16(12-11-15-9-6-5-7-10-15)21-22(3)19(27)23-14-8-13-20(23,2)18(25)26/h5-7,9-10,16,21H,4,8,11-14H2,1-3H3,(H,25,26)/t16?,20-/m1/s1. The Hall–Kier alpha value is -2.61. The van der Waals surface area contributed by atoms with Gasteiger partial charge in [-0.15, -0.1) is 0 Å². The third-order valence-electron chi connectivity index (χ3n) is 5.10. The smallest absolute Gasteiger partial charge is 0.335 e. The molecule has 0 aromatic heterocycles. The molecule has 8 heteroatoms. The second kappa shape index (κ2) is 9.54. The molecule has 1 saturated heterocycles. The molecular formula is C20H29N3O5. The van der Waals surface area contributed by atoms with Gasteiger partial charge in [0.15, 0.2) is 0 Å². The first-order valence-corrected chi connectivity index (χ1v) is 9.55. The van der Waals surface area contributed by atoms with E-state index in [-0.39, 0.29) is 6.61 Å². The molecule has 0 spiro atoms. The molecule has 0 bridgehead atoms. The average molecular weight is 391 g/mol. The summed E-state index contributed by atoms with van der Waals surface area (Å²) in [4.78, 5) is 38.1. The molecule has 28 heavy (non-hydrogen) atoms. The molecule has 1 aromatic carbocycles. The summed E-state index contributed by atoms with van der Waals surface area (Å²) in [5, 5.41) is 10.7. The third kappa shape index (κ3) is 5.01. The highest BCUT2D eigenvalue weighted by Crippen LogP contribution is 2.30. The lowest BCUT2D eigenvalue weighted by molar-refractivity contribution is -0.149. The maximum Gasteiger partial charge on any atom is 0.335 e. The monoisotopic (exact) mass is 391 g/mol. The van der Waals surface area contributed by atoms with Crippen LogP contribution in [-0.2, 0) is 20.7 Å². The minimum atomic E-state index is -1.24. The lowest BCUT2D eigenvalue weighted by atomic mass is 10.00. The number of carboxylic acid groups (broad SMARTS) is 1. The number of amides is 2. The Bertz CT molecular complexity index is 696. The number of carboxylic acids is 1. The number of esters is 1. The zero-order valence-electron chi connectivity index (χ0n) is 16.7. The van der Waals surface area contributed by atoms with Crippen molar-refractivity contribution in [1.82, 2.24) is 15.3 Å². The number of ether oxygens (including phenoxy) is 1. The minimum absolute atomic E-state index is 0.239. The number of nitrogens with zero attached hydrogens (tertiary/aromatic N) is 2. The van der Waals surface area contributed by atoms with Gasteiger partial charge in [0.1, 0.15) is 11.6 Å². The van der Waals surface area contributed by atoms with E-state index in [0.29, 0.717) is 32.2 Å². The number of rotatable bonds is 8. The van der Waals surface area contributed by atoms with Gasteiger partial charge >= 0.3 is 18.0 Å². The van der Waals surface area contributed by atoms with E-state index < -0.39 is 29.6 Å². The summed E-state index contributed by atoms with van der Waals surface area (Å²) in [6.07, 6.45) is 2.10. The molecule has 1 aromatic rings. The summed E-state index contributed by atoms with van der Waals surface area (Å²) in [6.45, 7) is 3.88. The normalized spacial score (nSPS) is 19.9. The van der Waals surface area contributed by atoms with Crippen molar-refractivity contribution in [3.05, 3.63) is 35.9 Å². The minimum Gasteiger partial charge on any atom is -0.480 e. The summed E-state index contributed by atoms with van der Waals surface area (Å²) < 4.78 is 5.13. The maximum absolute atomic E-state index is 12.8. The zero-order chi connectivity index (χ0) is 20.7. The second-order valence-electron chi connectivity index (χ2n) is 7.13. The summed E-state index contributed by atoms with van der Waals surface area (Å²) >= 11 is 0. The van der Waals surface area contributed by atoms with Crippen LogP contribution in [0, 0.1) is 0 Å². The number of likely N-dealkylation sites (tertiary alicyclic amines) is 1. The Morgan fingerprint density at radius 1 is 1.32 bits per heavy atom. The highest BCUT2D eigenvalue weighted by atomic mass is 16.5. The molecule has 1 unspecified atom stereocenters. The Morgan fingerprint density at radius 3 is 2.61 bits per heavy atom. The van der Waals surface area contributed by atoms with E-state index in [9.17, 15) is 19.5 Å². The van der Waals surface area contributed by atoms with Crippen molar-refractivity contribution in [3.8, 4) is 0 Å². The van der Waals surface area contributed by atoms with Gasteiger partial charge in [0, 0.05) is 13.6 Å². The lowest BCUT2D eigenvalue weighted by Gasteiger charge is -2.35. The Morgan fingerprint density at radius 2 is 2.00 bits per heavy atom. The van der Waals surface area contributed by atoms with Crippen molar-refractivity contribution in [3.63, 3.8) is 0 Å². The highest BCUT2D eigenvalue weighted by Gasteiger charge is 2.47. The molecule has 0 aliphatic carbocycles. The van der Waals surface area contributed by atoms with Crippen molar-refractivity contribution in [2.24, 2.45) is 0 Å². The molecule has 154 valence electrons. The Kier molecular flexibility index (Phi) is 7.39. The SMILES string of the molecule is CCOC(=O)C(CCc1ccccc1)NN(C)C(=O)N1CCC[C@]1(C)C(=O)O. The molecule has 2 N–H and O–H groups in total. The fourth-order valence-corrected chi connectivity index (χ4v) is 3.40. The summed E-state index contributed by atoms with van der Waals surface area (Å²) in [6, 6.07) is 8.53. The van der Waals surface area contributed by atoms with E-state index in [1.165, 1.54) is 17.0 Å². The van der Waals surface area contributed by atoms with Crippen LogP contribution in [0.25, 0.3) is 0 Å². The predicted molar refractivity (Wildman–Crippen MR) is 103 cm³/mol. The quantitative estimate of drug-likeness (QED) is 0.520. The van der Waals surface area contributed by atoms with Crippen molar-refractivity contribution in [2.45, 2.75) is 51.1 Å². The molecule has 2 atom stereocenters. The molecular weight excluding hydrogens is 362 g/mol. The molecule has 0 radical (unpaired) electrons. The molecule has 2 amide bonds. The van der Waals surface area contributed by atoms with Gasteiger partial charge in [-0.3, -0.25) is 9.80 Å². The number of carbonyl (C=O) groups is 3. The van der Waals surface area contributed by atoms with Crippen LogP contribution in [0.5, 0.6) is 0 Å². The Labute approximate surface area is 165 Å². The fraction of sp³-hybridized carbons (Fsp3) is 0.550. The van der Waals surface area contributed by atoms with Crippen LogP contribution in [0.3, 0.4) is 0 Å². The van der Waals surface area contributed by atoms with Crippen LogP contribution in [-0.4, -0.2) is 64.8 Å². The summed E-state index contributed by atoms with van der Waals surface area (Å²) in [5.74, 6) is -1.47. The number of hydrogen-bond donors (Lipinski definition) is 2. The fourth-order valence-electron chi connectivity index (χ4n) is 3.40. The van der Waals surface area contributed by atoms with Gasteiger partial charge in [-0.2, -0.15) is 0 Å². The largest absolute Gasteiger partial charge is 0.480 e. The first-order chi connectivity index (χ1) is 13.3. The average Bonchev–Trinajstić information content (AvgIpc) is 3.08. The van der Waals surface area contributed by atoms with Gasteiger partial charge < -0.3 is 14.7 Å². The van der Waals surface area contributed by atoms with Crippen LogP contribution in [0.15, 0.2) is 30.3 Å². The van der Waals surface area contributed by atoms with E-state index in [1.807, 2.05) is 30.3 Å². The molecule has 2 rings (SSSR count). The number of hydrogen-bond acceptors (Lipinski definition) is 5. The van der Waals surface area contributed by atoms with Gasteiger partial charge in [-0.25, -0.2) is 15.0 Å². The summed E-state index contributed by atoms with van der Waals surface area (Å²) in [7, 11) is 1.50. The van der Waals surface area contributed by atoms with Crippen molar-refractivity contribution in [1.29, 1.82) is 0 Å². The van der Waals surface area contributed by atoms with E-state index >= 15 is 0 Å². The second-order valence-corrected chi connectivity index (χ2v) is 7.13. The van der Waals surface area contributed by atoms with Gasteiger partial charge in [0.25, 0.3) is 0 Å². The van der Waals surface area contributed by atoms with Crippen molar-refractivity contribution >= 4 is 18.0 Å². The van der Waals surface area contributed by atoms with Gasteiger partial charge in [0.05, 0.1) is 6.61 Å². The summed E-state index contributed by atoms with van der Waals surface area (Å²) in [5.41, 5.74) is 2.73. The van der Waals surface area contributed by atoms with E-state index in [1.54, 1.807) is 13.8 Å². The molecule has 1 aliphatic heterocycles. The number of benzene rings is 1. The number of urea groups is 1. The van der Waals surface area contributed by atoms with E-state index in [4.69, 9.17) is 4.74 Å². The van der Waals surface area contributed by atoms with E-state index in [0.717, 1.165) is 5.56 Å². The van der Waals surface area contributed by atoms with Crippen LogP contribution < -0.4 is 5.43 Å². The molecule has 1 aliphatic rings. The number of carbonyl (C=O) groups excluding carboxylic acids is 2. The first kappa shape index (κ1) is 21.7. The number of nitrogens with one attached hydrogen (secondary N) is 1. The molecule has 0 saturated carbocycles. The van der Waals surface area contributed by atoms with Gasteiger partial charge in [-0.1, -0.05) is 30.3 Å². The molecule has 1 heterocycles. The van der Waals surface area contributed by atoms with Crippen molar-refractivity contribution in [2.75, 3.05) is 20.2 Å². The number of aryl methyl sites for hydroxylation is 1. The van der Waals surface area contributed by atoms with Crippen LogP contribution >= 0.6 is 0 Å². The van der Waals surface area contributed by atoms with Gasteiger partial charge in [0.2, 0.25) is 0 Å². The number of aliphatic carboxylic acids is 1. The molecule has 1 fully saturated rings. The van der Waals surface area contributed by atoms with Crippen LogP contribution in [0.1, 0.15) is 38.7 Å². The maximum atomic E-state index is 12.8. The molecule has 8 nitrogen and oxygen atoms in total. The topological polar surface area (TPSA) is 99.2 Å².